The zero-order valence-corrected chi connectivity index (χ0v) is 9.65. The van der Waals surface area contributed by atoms with Gasteiger partial charge in [0.05, 0.1) is 0 Å². The van der Waals surface area contributed by atoms with Gasteiger partial charge in [-0.3, -0.25) is 9.59 Å². The van der Waals surface area contributed by atoms with Gasteiger partial charge in [0.25, 0.3) is 0 Å². The number of carbonyl (C=O) groups is 2. The highest BCUT2D eigenvalue weighted by molar-refractivity contribution is 6.66. The van der Waals surface area contributed by atoms with Gasteiger partial charge < -0.3 is 0 Å². The lowest BCUT2D eigenvalue weighted by Gasteiger charge is -2.27. The molecule has 0 amide bonds. The van der Waals surface area contributed by atoms with Gasteiger partial charge in [-0.1, -0.05) is 11.1 Å². The van der Waals surface area contributed by atoms with Crippen molar-refractivity contribution in [2.75, 3.05) is 0 Å². The maximum Gasteiger partial charge on any atom is 0.225 e. The summed E-state index contributed by atoms with van der Waals surface area (Å²) in [5.74, 6) is -0.879. The zero-order valence-electron chi connectivity index (χ0n) is 8.14. The average molecular weight is 235 g/mol. The van der Waals surface area contributed by atoms with Crippen LogP contribution in [0.5, 0.6) is 0 Å². The Morgan fingerprint density at radius 1 is 1.00 bits per heavy atom. The predicted octanol–water partition coefficient (Wildman–Crippen LogP) is 2.88. The molecular formula is C10H12Cl2O2. The lowest BCUT2D eigenvalue weighted by molar-refractivity contribution is -0.124. The summed E-state index contributed by atoms with van der Waals surface area (Å²) in [6.07, 6.45) is 1.11. The SMILES string of the molecule is CC1=C(C)CC(C(=O)Cl)C(C(=O)Cl)C1. The van der Waals surface area contributed by atoms with Crippen molar-refractivity contribution in [1.82, 2.24) is 0 Å². The number of hydrogen-bond donors (Lipinski definition) is 0. The smallest absolute Gasteiger partial charge is 0.225 e. The summed E-state index contributed by atoms with van der Waals surface area (Å²) >= 11 is 10.9. The molecule has 0 fully saturated rings. The van der Waals surface area contributed by atoms with Gasteiger partial charge in [-0.15, -0.1) is 0 Å². The second-order valence-corrected chi connectivity index (χ2v) is 4.54. The van der Waals surface area contributed by atoms with Crippen LogP contribution in [0, 0.1) is 11.8 Å². The van der Waals surface area contributed by atoms with Crippen molar-refractivity contribution in [3.63, 3.8) is 0 Å². The summed E-state index contributed by atoms with van der Waals surface area (Å²) in [7, 11) is 0. The lowest BCUT2D eigenvalue weighted by Crippen LogP contribution is -2.29. The van der Waals surface area contributed by atoms with E-state index in [0.29, 0.717) is 12.8 Å². The van der Waals surface area contributed by atoms with Gasteiger partial charge in [0.1, 0.15) is 0 Å². The molecule has 1 aliphatic rings. The first-order valence-corrected chi connectivity index (χ1v) is 5.23. The summed E-state index contributed by atoms with van der Waals surface area (Å²) in [6, 6.07) is 0. The molecule has 4 heteroatoms. The summed E-state index contributed by atoms with van der Waals surface area (Å²) in [6.45, 7) is 3.91. The van der Waals surface area contributed by atoms with Crippen LogP contribution in [-0.2, 0) is 9.59 Å². The molecule has 0 aromatic rings. The standard InChI is InChI=1S/C10H12Cl2O2/c1-5-3-7(9(11)13)8(10(12)14)4-6(5)2/h7-8H,3-4H2,1-2H3. The van der Waals surface area contributed by atoms with E-state index in [0.717, 1.165) is 11.1 Å². The van der Waals surface area contributed by atoms with Crippen LogP contribution in [0.25, 0.3) is 0 Å². The van der Waals surface area contributed by atoms with E-state index in [4.69, 9.17) is 23.2 Å². The average Bonchev–Trinajstić information content (AvgIpc) is 2.08. The summed E-state index contributed by atoms with van der Waals surface area (Å²) < 4.78 is 0. The Morgan fingerprint density at radius 2 is 1.29 bits per heavy atom. The van der Waals surface area contributed by atoms with Gasteiger partial charge in [0.15, 0.2) is 0 Å². The molecule has 0 aliphatic heterocycles. The predicted molar refractivity (Wildman–Crippen MR) is 56.3 cm³/mol. The highest BCUT2D eigenvalue weighted by Gasteiger charge is 2.35. The van der Waals surface area contributed by atoms with Gasteiger partial charge in [0, 0.05) is 11.8 Å². The van der Waals surface area contributed by atoms with Crippen molar-refractivity contribution in [1.29, 1.82) is 0 Å². The van der Waals surface area contributed by atoms with Crippen molar-refractivity contribution in [3.05, 3.63) is 11.1 Å². The highest BCUT2D eigenvalue weighted by Crippen LogP contribution is 2.36. The maximum absolute atomic E-state index is 11.1. The van der Waals surface area contributed by atoms with E-state index >= 15 is 0 Å². The van der Waals surface area contributed by atoms with E-state index in [-0.39, 0.29) is 0 Å². The fourth-order valence-electron chi connectivity index (χ4n) is 1.77. The van der Waals surface area contributed by atoms with E-state index in [1.807, 2.05) is 13.8 Å². The van der Waals surface area contributed by atoms with Crippen LogP contribution in [-0.4, -0.2) is 10.5 Å². The fourth-order valence-corrected chi connectivity index (χ4v) is 2.23. The molecule has 1 aliphatic carbocycles. The van der Waals surface area contributed by atoms with Crippen LogP contribution in [0.2, 0.25) is 0 Å². The molecule has 14 heavy (non-hydrogen) atoms. The molecule has 0 spiro atoms. The molecule has 0 saturated carbocycles. The molecule has 1 rings (SSSR count). The molecular weight excluding hydrogens is 223 g/mol. The maximum atomic E-state index is 11.1. The third-order valence-corrected chi connectivity index (χ3v) is 3.41. The first kappa shape index (κ1) is 11.7. The molecule has 2 atom stereocenters. The van der Waals surface area contributed by atoms with Crippen LogP contribution in [0.15, 0.2) is 11.1 Å². The van der Waals surface area contributed by atoms with Crippen molar-refractivity contribution in [2.45, 2.75) is 26.7 Å². The van der Waals surface area contributed by atoms with Gasteiger partial charge in [-0.2, -0.15) is 0 Å². The van der Waals surface area contributed by atoms with E-state index in [9.17, 15) is 9.59 Å². The van der Waals surface area contributed by atoms with Crippen molar-refractivity contribution >= 4 is 33.7 Å². The van der Waals surface area contributed by atoms with Crippen molar-refractivity contribution in [3.8, 4) is 0 Å². The summed E-state index contributed by atoms with van der Waals surface area (Å²) in [5, 5.41) is -0.924. The Labute approximate surface area is 93.3 Å². The van der Waals surface area contributed by atoms with Crippen LogP contribution in [0.3, 0.4) is 0 Å². The van der Waals surface area contributed by atoms with Crippen molar-refractivity contribution < 1.29 is 9.59 Å². The third kappa shape index (κ3) is 2.37. The van der Waals surface area contributed by atoms with Gasteiger partial charge in [-0.25, -0.2) is 0 Å². The quantitative estimate of drug-likeness (QED) is 0.544. The van der Waals surface area contributed by atoms with Crippen LogP contribution in [0.4, 0.5) is 0 Å². The minimum atomic E-state index is -0.462. The minimum absolute atomic E-state index is 0.439. The highest BCUT2D eigenvalue weighted by atomic mass is 35.5. The number of allylic oxidation sites excluding steroid dienone is 2. The number of carbonyl (C=O) groups excluding carboxylic acids is 2. The minimum Gasteiger partial charge on any atom is -0.281 e. The summed E-state index contributed by atoms with van der Waals surface area (Å²) in [5.41, 5.74) is 2.27. The van der Waals surface area contributed by atoms with Crippen molar-refractivity contribution in [2.24, 2.45) is 11.8 Å². The molecule has 78 valence electrons. The normalized spacial score (nSPS) is 27.7. The summed E-state index contributed by atoms with van der Waals surface area (Å²) in [4.78, 5) is 22.2. The van der Waals surface area contributed by atoms with Crippen LogP contribution >= 0.6 is 23.2 Å². The largest absolute Gasteiger partial charge is 0.281 e. The Bertz CT molecular complexity index is 277. The van der Waals surface area contributed by atoms with Gasteiger partial charge in [-0.05, 0) is 49.9 Å². The van der Waals surface area contributed by atoms with E-state index in [1.165, 1.54) is 0 Å². The third-order valence-electron chi connectivity index (χ3n) is 2.85. The molecule has 0 aromatic carbocycles. The number of halogens is 2. The number of rotatable bonds is 2. The monoisotopic (exact) mass is 234 g/mol. The van der Waals surface area contributed by atoms with E-state index in [1.54, 1.807) is 0 Å². The molecule has 2 nitrogen and oxygen atoms in total. The Morgan fingerprint density at radius 3 is 1.50 bits per heavy atom. The first-order valence-electron chi connectivity index (χ1n) is 4.47. The molecule has 0 aromatic heterocycles. The molecule has 0 N–H and O–H groups in total. The van der Waals surface area contributed by atoms with E-state index in [2.05, 4.69) is 0 Å². The van der Waals surface area contributed by atoms with Crippen LogP contribution in [0.1, 0.15) is 26.7 Å². The number of hydrogen-bond acceptors (Lipinski definition) is 2. The Kier molecular flexibility index (Phi) is 3.73. The van der Waals surface area contributed by atoms with E-state index < -0.39 is 22.3 Å². The molecule has 0 saturated heterocycles. The first-order chi connectivity index (χ1) is 6.43. The molecule has 0 heterocycles. The molecule has 2 unspecified atom stereocenters. The molecule has 0 bridgehead atoms. The molecule has 0 radical (unpaired) electrons. The van der Waals surface area contributed by atoms with Gasteiger partial charge >= 0.3 is 0 Å². The fraction of sp³-hybridized carbons (Fsp3) is 0.600. The second-order valence-electron chi connectivity index (χ2n) is 3.79. The van der Waals surface area contributed by atoms with Crippen LogP contribution < -0.4 is 0 Å². The Balaban J connectivity index is 2.95. The van der Waals surface area contributed by atoms with Gasteiger partial charge in [0.2, 0.25) is 10.5 Å². The zero-order chi connectivity index (χ0) is 10.9. The Hall–Kier alpha value is -0.340. The second kappa shape index (κ2) is 4.45. The topological polar surface area (TPSA) is 34.1 Å². The lowest BCUT2D eigenvalue weighted by atomic mass is 9.78.